The highest BCUT2D eigenvalue weighted by Crippen LogP contribution is 2.17. The number of rotatable bonds is 9. The summed E-state index contributed by atoms with van der Waals surface area (Å²) in [4.78, 5) is 0. The minimum atomic E-state index is 0.711. The summed E-state index contributed by atoms with van der Waals surface area (Å²) in [5, 5.41) is 3.41. The van der Waals surface area contributed by atoms with Gasteiger partial charge in [-0.15, -0.1) is 0 Å². The summed E-state index contributed by atoms with van der Waals surface area (Å²) >= 11 is 0. The zero-order valence-corrected chi connectivity index (χ0v) is 10.7. The number of nitrogens with one attached hydrogen (secondary N) is 1. The highest BCUT2D eigenvalue weighted by Gasteiger charge is 1.95. The number of nitrogens with two attached hydrogens (primary N) is 1. The molecule has 0 aliphatic heterocycles. The molecule has 0 aliphatic carbocycles. The van der Waals surface area contributed by atoms with Crippen molar-refractivity contribution < 1.29 is 4.74 Å². The van der Waals surface area contributed by atoms with Crippen LogP contribution in [0.5, 0.6) is 5.75 Å². The fourth-order valence-electron chi connectivity index (χ4n) is 1.72. The maximum Gasteiger partial charge on any atom is 0.121 e. The molecule has 1 rings (SSSR count). The average molecular weight is 236 g/mol. The van der Waals surface area contributed by atoms with Crippen LogP contribution in [0.1, 0.15) is 32.6 Å². The number of ether oxygens (including phenoxy) is 1. The number of anilines is 1. The molecule has 3 N–H and O–H groups in total. The van der Waals surface area contributed by atoms with E-state index in [4.69, 9.17) is 10.5 Å². The molecule has 0 unspecified atom stereocenters. The van der Waals surface area contributed by atoms with Crippen LogP contribution >= 0.6 is 0 Å². The Balaban J connectivity index is 2.19. The Morgan fingerprint density at radius 1 is 1.18 bits per heavy atom. The Morgan fingerprint density at radius 2 is 2.00 bits per heavy atom. The molecule has 0 heterocycles. The predicted molar refractivity (Wildman–Crippen MR) is 73.6 cm³/mol. The summed E-state index contributed by atoms with van der Waals surface area (Å²) in [5.74, 6) is 0.931. The molecule has 3 nitrogen and oxygen atoms in total. The molecular formula is C14H24N2O. The maximum absolute atomic E-state index is 5.45. The van der Waals surface area contributed by atoms with E-state index in [1.54, 1.807) is 0 Å². The highest BCUT2D eigenvalue weighted by atomic mass is 16.5. The van der Waals surface area contributed by atoms with Crippen LogP contribution in [-0.2, 0) is 0 Å². The third kappa shape index (κ3) is 6.17. The van der Waals surface area contributed by atoms with Gasteiger partial charge < -0.3 is 15.8 Å². The van der Waals surface area contributed by atoms with Gasteiger partial charge >= 0.3 is 0 Å². The molecule has 0 saturated carbocycles. The molecule has 96 valence electrons. The lowest BCUT2D eigenvalue weighted by molar-refractivity contribution is 0.340. The second-order valence-corrected chi connectivity index (χ2v) is 4.09. The first-order valence-corrected chi connectivity index (χ1v) is 6.53. The number of unbranched alkanes of at least 4 members (excludes halogenated alkanes) is 3. The first kappa shape index (κ1) is 13.8. The van der Waals surface area contributed by atoms with Gasteiger partial charge in [0.1, 0.15) is 5.75 Å². The average Bonchev–Trinajstić information content (AvgIpc) is 2.35. The van der Waals surface area contributed by atoms with Crippen molar-refractivity contribution in [2.75, 3.05) is 25.0 Å². The standard InChI is InChI=1S/C14H24N2O/c1-2-17-14-9-7-8-13(12-14)16-11-6-4-3-5-10-15/h7-9,12,16H,2-6,10-11,15H2,1H3. The van der Waals surface area contributed by atoms with Crippen molar-refractivity contribution in [1.29, 1.82) is 0 Å². The molecule has 1 aromatic rings. The van der Waals surface area contributed by atoms with Crippen molar-refractivity contribution in [1.82, 2.24) is 0 Å². The van der Waals surface area contributed by atoms with Crippen LogP contribution in [0.2, 0.25) is 0 Å². The molecule has 3 heteroatoms. The van der Waals surface area contributed by atoms with Crippen molar-refractivity contribution in [2.24, 2.45) is 5.73 Å². The summed E-state index contributed by atoms with van der Waals surface area (Å²) in [7, 11) is 0. The van der Waals surface area contributed by atoms with Gasteiger partial charge in [0.25, 0.3) is 0 Å². The van der Waals surface area contributed by atoms with Gasteiger partial charge in [0.15, 0.2) is 0 Å². The summed E-state index contributed by atoms with van der Waals surface area (Å²) < 4.78 is 5.45. The molecule has 0 aliphatic rings. The van der Waals surface area contributed by atoms with Crippen LogP contribution in [0.3, 0.4) is 0 Å². The van der Waals surface area contributed by atoms with Crippen molar-refractivity contribution >= 4 is 5.69 Å². The summed E-state index contributed by atoms with van der Waals surface area (Å²) in [6, 6.07) is 8.11. The van der Waals surface area contributed by atoms with Crippen molar-refractivity contribution in [3.05, 3.63) is 24.3 Å². The second-order valence-electron chi connectivity index (χ2n) is 4.09. The Hall–Kier alpha value is -1.22. The van der Waals surface area contributed by atoms with Crippen molar-refractivity contribution in [3.63, 3.8) is 0 Å². The van der Waals surface area contributed by atoms with Crippen LogP contribution in [0.4, 0.5) is 5.69 Å². The molecule has 1 aromatic carbocycles. The third-order valence-corrected chi connectivity index (χ3v) is 2.61. The summed E-state index contributed by atoms with van der Waals surface area (Å²) in [5.41, 5.74) is 6.58. The molecule has 0 amide bonds. The largest absolute Gasteiger partial charge is 0.494 e. The van der Waals surface area contributed by atoms with Crippen LogP contribution in [-0.4, -0.2) is 19.7 Å². The van der Waals surface area contributed by atoms with Crippen LogP contribution in [0.25, 0.3) is 0 Å². The normalized spacial score (nSPS) is 10.2. The molecule has 0 saturated heterocycles. The molecule has 17 heavy (non-hydrogen) atoms. The lowest BCUT2D eigenvalue weighted by Gasteiger charge is -2.08. The number of benzene rings is 1. The number of hydrogen-bond donors (Lipinski definition) is 2. The predicted octanol–water partition coefficient (Wildman–Crippen LogP) is 3.02. The lowest BCUT2D eigenvalue weighted by Crippen LogP contribution is -2.03. The van der Waals surface area contributed by atoms with E-state index >= 15 is 0 Å². The number of hydrogen-bond acceptors (Lipinski definition) is 3. The van der Waals surface area contributed by atoms with E-state index in [2.05, 4.69) is 11.4 Å². The molecule has 0 aromatic heterocycles. The van der Waals surface area contributed by atoms with Crippen molar-refractivity contribution in [2.45, 2.75) is 32.6 Å². The van der Waals surface area contributed by atoms with E-state index in [9.17, 15) is 0 Å². The van der Waals surface area contributed by atoms with Crippen LogP contribution < -0.4 is 15.8 Å². The van der Waals surface area contributed by atoms with Gasteiger partial charge in [-0.25, -0.2) is 0 Å². The maximum atomic E-state index is 5.45. The monoisotopic (exact) mass is 236 g/mol. The van der Waals surface area contributed by atoms with Gasteiger partial charge in [0.2, 0.25) is 0 Å². The molecule has 0 atom stereocenters. The van der Waals surface area contributed by atoms with Gasteiger partial charge in [-0.2, -0.15) is 0 Å². The Labute approximate surface area is 104 Å². The Bertz CT molecular complexity index is 302. The SMILES string of the molecule is CCOc1cccc(NCCCCCCN)c1. The minimum absolute atomic E-state index is 0.711. The van der Waals surface area contributed by atoms with Gasteiger partial charge in [-0.05, 0) is 38.4 Å². The molecular weight excluding hydrogens is 212 g/mol. The summed E-state index contributed by atoms with van der Waals surface area (Å²) in [6.07, 6.45) is 4.81. The molecule has 0 spiro atoms. The van der Waals surface area contributed by atoms with E-state index in [0.717, 1.165) is 30.9 Å². The third-order valence-electron chi connectivity index (χ3n) is 2.61. The minimum Gasteiger partial charge on any atom is -0.494 e. The first-order chi connectivity index (χ1) is 8.36. The van der Waals surface area contributed by atoms with E-state index in [1.807, 2.05) is 25.1 Å². The lowest BCUT2D eigenvalue weighted by atomic mass is 10.2. The van der Waals surface area contributed by atoms with Gasteiger partial charge in [-0.3, -0.25) is 0 Å². The van der Waals surface area contributed by atoms with E-state index in [1.165, 1.54) is 19.3 Å². The van der Waals surface area contributed by atoms with Gasteiger partial charge in [-0.1, -0.05) is 18.9 Å². The Morgan fingerprint density at radius 3 is 2.76 bits per heavy atom. The zero-order valence-electron chi connectivity index (χ0n) is 10.7. The zero-order chi connectivity index (χ0) is 12.3. The van der Waals surface area contributed by atoms with Crippen molar-refractivity contribution in [3.8, 4) is 5.75 Å². The Kier molecular flexibility index (Phi) is 7.23. The smallest absolute Gasteiger partial charge is 0.121 e. The van der Waals surface area contributed by atoms with E-state index in [0.29, 0.717) is 6.61 Å². The van der Waals surface area contributed by atoms with Crippen LogP contribution in [0.15, 0.2) is 24.3 Å². The fraction of sp³-hybridized carbons (Fsp3) is 0.571. The van der Waals surface area contributed by atoms with E-state index < -0.39 is 0 Å². The summed E-state index contributed by atoms with van der Waals surface area (Å²) in [6.45, 7) is 4.53. The van der Waals surface area contributed by atoms with E-state index in [-0.39, 0.29) is 0 Å². The fourth-order valence-corrected chi connectivity index (χ4v) is 1.72. The van der Waals surface area contributed by atoms with Gasteiger partial charge in [0, 0.05) is 18.3 Å². The second kappa shape index (κ2) is 8.88. The first-order valence-electron chi connectivity index (χ1n) is 6.53. The quantitative estimate of drug-likeness (QED) is 0.648. The molecule has 0 bridgehead atoms. The van der Waals surface area contributed by atoms with Crippen LogP contribution in [0, 0.1) is 0 Å². The topological polar surface area (TPSA) is 47.3 Å². The highest BCUT2D eigenvalue weighted by molar-refractivity contribution is 5.48. The molecule has 0 radical (unpaired) electrons. The molecule has 0 fully saturated rings. The van der Waals surface area contributed by atoms with Gasteiger partial charge in [0.05, 0.1) is 6.61 Å².